The molecule has 1 aliphatic rings. The number of hydrogen-bond donors (Lipinski definition) is 0. The molecule has 0 amide bonds. The van der Waals surface area contributed by atoms with Crippen LogP contribution in [0.25, 0.3) is 87.6 Å². The molecule has 0 unspecified atom stereocenters. The predicted molar refractivity (Wildman–Crippen MR) is 305 cm³/mol. The number of nitrogens with zero attached hydrogens (tertiary/aromatic N) is 1. The van der Waals surface area contributed by atoms with Crippen LogP contribution in [0.5, 0.6) is 0 Å². The van der Waals surface area contributed by atoms with Gasteiger partial charge in [-0.1, -0.05) is 231 Å². The van der Waals surface area contributed by atoms with Crippen molar-refractivity contribution >= 4 is 60.2 Å². The summed E-state index contributed by atoms with van der Waals surface area (Å²) in [5, 5.41) is 10.0. The molecule has 0 aromatic heterocycles. The number of fused-ring (bicyclic) bond motifs is 9. The van der Waals surface area contributed by atoms with E-state index in [4.69, 9.17) is 0 Å². The maximum absolute atomic E-state index is 2.46. The molecule has 13 aromatic carbocycles. The SMILES string of the molecule is c1ccc(C2(c3ccccc3)c3ccccc3-c3ccc(-c4ccc(N(c5cccc(-c6cc7ccccc7c7ccccc67)c5)c5cccc(-c6cc7ccccc7c7ccccc67)c5)cc4)cc32)cc1. The molecule has 0 aliphatic heterocycles. The van der Waals surface area contributed by atoms with Crippen molar-refractivity contribution < 1.29 is 0 Å². The van der Waals surface area contributed by atoms with Crippen LogP contribution in [0.15, 0.2) is 285 Å². The average Bonchev–Trinajstić information content (AvgIpc) is 3.76. The van der Waals surface area contributed by atoms with Gasteiger partial charge in [0.15, 0.2) is 0 Å². The largest absolute Gasteiger partial charge is 0.310 e. The van der Waals surface area contributed by atoms with E-state index in [2.05, 4.69) is 290 Å². The summed E-state index contributed by atoms with van der Waals surface area (Å²) in [6.45, 7) is 0. The van der Waals surface area contributed by atoms with E-state index in [1.54, 1.807) is 0 Å². The molecule has 13 aromatic rings. The van der Waals surface area contributed by atoms with Gasteiger partial charge in [0.05, 0.1) is 5.41 Å². The second kappa shape index (κ2) is 17.0. The third kappa shape index (κ3) is 6.63. The minimum absolute atomic E-state index is 0.468. The monoisotopic (exact) mass is 913 g/mol. The molecule has 0 radical (unpaired) electrons. The fourth-order valence-corrected chi connectivity index (χ4v) is 12.1. The maximum atomic E-state index is 2.46. The van der Waals surface area contributed by atoms with Crippen molar-refractivity contribution in [3.8, 4) is 44.5 Å². The second-order valence-electron chi connectivity index (χ2n) is 19.2. The first-order valence-corrected chi connectivity index (χ1v) is 25.0. The van der Waals surface area contributed by atoms with Gasteiger partial charge in [-0.3, -0.25) is 0 Å². The van der Waals surface area contributed by atoms with E-state index in [0.29, 0.717) is 0 Å². The van der Waals surface area contributed by atoms with Crippen LogP contribution in [0, 0.1) is 0 Å². The van der Waals surface area contributed by atoms with Gasteiger partial charge < -0.3 is 4.90 Å². The zero-order chi connectivity index (χ0) is 47.6. The fourth-order valence-electron chi connectivity index (χ4n) is 12.1. The van der Waals surface area contributed by atoms with Crippen LogP contribution in [0.3, 0.4) is 0 Å². The Bertz CT molecular complexity index is 4010. The molecule has 0 N–H and O–H groups in total. The van der Waals surface area contributed by atoms with E-state index >= 15 is 0 Å². The lowest BCUT2D eigenvalue weighted by Gasteiger charge is -2.34. The van der Waals surface area contributed by atoms with E-state index in [0.717, 1.165) is 17.1 Å². The topological polar surface area (TPSA) is 3.24 Å². The summed E-state index contributed by atoms with van der Waals surface area (Å²) in [7, 11) is 0. The van der Waals surface area contributed by atoms with E-state index in [1.165, 1.54) is 110 Å². The Labute approximate surface area is 420 Å². The van der Waals surface area contributed by atoms with Crippen molar-refractivity contribution in [3.63, 3.8) is 0 Å². The lowest BCUT2D eigenvalue weighted by atomic mass is 9.67. The molecule has 0 saturated heterocycles. The molecule has 0 bridgehead atoms. The van der Waals surface area contributed by atoms with E-state index in [-0.39, 0.29) is 0 Å². The molecule has 1 heteroatoms. The van der Waals surface area contributed by atoms with Crippen molar-refractivity contribution in [2.75, 3.05) is 4.90 Å². The third-order valence-corrected chi connectivity index (χ3v) is 15.3. The Kier molecular flexibility index (Phi) is 9.82. The summed E-state index contributed by atoms with van der Waals surface area (Å²) in [5.74, 6) is 0. The van der Waals surface area contributed by atoms with Crippen molar-refractivity contribution in [1.82, 2.24) is 0 Å². The normalized spacial score (nSPS) is 12.6. The number of hydrogen-bond acceptors (Lipinski definition) is 1. The molecule has 1 nitrogen and oxygen atoms in total. The highest BCUT2D eigenvalue weighted by atomic mass is 15.1. The highest BCUT2D eigenvalue weighted by Crippen LogP contribution is 2.57. The summed E-state index contributed by atoms with van der Waals surface area (Å²) in [5.41, 5.74) is 17.7. The van der Waals surface area contributed by atoms with Crippen LogP contribution in [0.1, 0.15) is 22.3 Å². The molecule has 1 aliphatic carbocycles. The number of anilines is 3. The molecule has 0 atom stereocenters. The smallest absolute Gasteiger partial charge is 0.0713 e. The highest BCUT2D eigenvalue weighted by molar-refractivity contribution is 6.15. The quantitative estimate of drug-likeness (QED) is 0.137. The number of benzene rings is 13. The van der Waals surface area contributed by atoms with Gasteiger partial charge in [-0.25, -0.2) is 0 Å². The zero-order valence-electron chi connectivity index (χ0n) is 39.6. The minimum Gasteiger partial charge on any atom is -0.310 e. The number of rotatable bonds is 8. The molecule has 0 spiro atoms. The summed E-state index contributed by atoms with van der Waals surface area (Å²) < 4.78 is 0. The van der Waals surface area contributed by atoms with Crippen LogP contribution >= 0.6 is 0 Å². The van der Waals surface area contributed by atoms with Crippen molar-refractivity contribution in [2.24, 2.45) is 0 Å². The van der Waals surface area contributed by atoms with E-state index < -0.39 is 5.41 Å². The molecule has 14 rings (SSSR count). The molecule has 336 valence electrons. The van der Waals surface area contributed by atoms with Gasteiger partial charge in [0, 0.05) is 17.1 Å². The molecule has 0 saturated carbocycles. The Morgan fingerprint density at radius 3 is 1.22 bits per heavy atom. The lowest BCUT2D eigenvalue weighted by molar-refractivity contribution is 0.769. The standard InChI is InChI=1S/C71H47N/c1-3-23-54(24-4-1)71(55-25-5-2-6-26-55)69-36-16-15-35-65(69)66-42-39-49(47-70(66)71)48-37-40-56(41-38-48)72(57-27-17-21-50(43-57)67-45-52-19-7-9-29-59(52)61-31-11-13-33-63(61)67)58-28-18-22-51(44-58)68-46-53-20-8-10-30-60(53)62-32-12-14-34-64(62)68/h1-47H. The van der Waals surface area contributed by atoms with Gasteiger partial charge in [-0.15, -0.1) is 0 Å². The molecular formula is C71H47N. The van der Waals surface area contributed by atoms with Gasteiger partial charge in [0.1, 0.15) is 0 Å². The Morgan fingerprint density at radius 2 is 0.667 bits per heavy atom. The van der Waals surface area contributed by atoms with Crippen LogP contribution in [-0.4, -0.2) is 0 Å². The molecule has 0 fully saturated rings. The Morgan fingerprint density at radius 1 is 0.222 bits per heavy atom. The lowest BCUT2D eigenvalue weighted by Crippen LogP contribution is -2.28. The van der Waals surface area contributed by atoms with Gasteiger partial charge in [-0.05, 0) is 164 Å². The molecular weight excluding hydrogens is 867 g/mol. The van der Waals surface area contributed by atoms with Gasteiger partial charge in [0.25, 0.3) is 0 Å². The first-order valence-electron chi connectivity index (χ1n) is 25.0. The minimum atomic E-state index is -0.468. The van der Waals surface area contributed by atoms with E-state index in [9.17, 15) is 0 Å². The summed E-state index contributed by atoms with van der Waals surface area (Å²) in [4.78, 5) is 2.43. The Balaban J connectivity index is 0.931. The van der Waals surface area contributed by atoms with Gasteiger partial charge in [-0.2, -0.15) is 0 Å². The average molecular weight is 914 g/mol. The van der Waals surface area contributed by atoms with Crippen molar-refractivity contribution in [1.29, 1.82) is 0 Å². The first-order chi connectivity index (χ1) is 35.7. The van der Waals surface area contributed by atoms with Crippen molar-refractivity contribution in [2.45, 2.75) is 5.41 Å². The molecule has 0 heterocycles. The van der Waals surface area contributed by atoms with Crippen LogP contribution < -0.4 is 4.90 Å². The van der Waals surface area contributed by atoms with Crippen LogP contribution in [0.2, 0.25) is 0 Å². The van der Waals surface area contributed by atoms with Crippen LogP contribution in [-0.2, 0) is 5.41 Å². The fraction of sp³-hybridized carbons (Fsp3) is 0.0141. The second-order valence-corrected chi connectivity index (χ2v) is 19.2. The summed E-state index contributed by atoms with van der Waals surface area (Å²) >= 11 is 0. The first kappa shape index (κ1) is 41.7. The predicted octanol–water partition coefficient (Wildman–Crippen LogP) is 19.1. The van der Waals surface area contributed by atoms with Crippen molar-refractivity contribution in [3.05, 3.63) is 307 Å². The van der Waals surface area contributed by atoms with Gasteiger partial charge >= 0.3 is 0 Å². The molecule has 72 heavy (non-hydrogen) atoms. The zero-order valence-corrected chi connectivity index (χ0v) is 39.6. The van der Waals surface area contributed by atoms with Crippen LogP contribution in [0.4, 0.5) is 17.1 Å². The highest BCUT2D eigenvalue weighted by Gasteiger charge is 2.46. The summed E-state index contributed by atoms with van der Waals surface area (Å²) in [6.07, 6.45) is 0. The van der Waals surface area contributed by atoms with E-state index in [1.807, 2.05) is 0 Å². The van der Waals surface area contributed by atoms with Gasteiger partial charge in [0.2, 0.25) is 0 Å². The Hall–Kier alpha value is -9.30. The maximum Gasteiger partial charge on any atom is 0.0713 e. The summed E-state index contributed by atoms with van der Waals surface area (Å²) in [6, 6.07) is 105. The third-order valence-electron chi connectivity index (χ3n) is 15.3.